The third-order valence-electron chi connectivity index (χ3n) is 4.31. The Morgan fingerprint density at radius 1 is 1.07 bits per heavy atom. The number of H-pyrrole nitrogens is 1. The number of nitrogens with zero attached hydrogens (tertiary/aromatic N) is 4. The average molecular weight is 406 g/mol. The predicted octanol–water partition coefficient (Wildman–Crippen LogP) is 3.86. The van der Waals surface area contributed by atoms with Gasteiger partial charge >= 0.3 is 0 Å². The Labute approximate surface area is 168 Å². The fraction of sp³-hybridized carbons (Fsp3) is 0.0526. The van der Waals surface area contributed by atoms with Crippen LogP contribution in [0.15, 0.2) is 69.8 Å². The van der Waals surface area contributed by atoms with Crippen LogP contribution in [0.25, 0.3) is 11.2 Å². The number of fused-ring (bicyclic) bond motifs is 3. The van der Waals surface area contributed by atoms with Crippen molar-refractivity contribution in [1.29, 1.82) is 0 Å². The summed E-state index contributed by atoms with van der Waals surface area (Å²) < 4.78 is 0. The predicted molar refractivity (Wildman–Crippen MR) is 111 cm³/mol. The number of nitrogens with two attached hydrogens (primary N) is 1. The summed E-state index contributed by atoms with van der Waals surface area (Å²) in [5.41, 5.74) is 8.72. The Morgan fingerprint density at radius 2 is 1.75 bits per heavy atom. The van der Waals surface area contributed by atoms with Gasteiger partial charge in [0, 0.05) is 9.79 Å². The van der Waals surface area contributed by atoms with E-state index >= 15 is 0 Å². The summed E-state index contributed by atoms with van der Waals surface area (Å²) in [6.07, 6.45) is 1.37. The minimum atomic E-state index is -0.0234. The number of para-hydroxylation sites is 2. The van der Waals surface area contributed by atoms with E-state index < -0.39 is 0 Å². The second-order valence-electron chi connectivity index (χ2n) is 6.05. The van der Waals surface area contributed by atoms with Crippen molar-refractivity contribution >= 4 is 57.8 Å². The molecule has 0 saturated heterocycles. The molecule has 2 aromatic carbocycles. The second-order valence-corrected chi connectivity index (χ2v) is 8.10. The van der Waals surface area contributed by atoms with Crippen LogP contribution >= 0.6 is 23.5 Å². The highest BCUT2D eigenvalue weighted by Gasteiger charge is 2.27. The van der Waals surface area contributed by atoms with Crippen molar-refractivity contribution in [3.63, 3.8) is 0 Å². The van der Waals surface area contributed by atoms with Crippen LogP contribution in [0.3, 0.4) is 0 Å². The van der Waals surface area contributed by atoms with Crippen LogP contribution in [-0.2, 0) is 4.79 Å². The normalized spacial score (nSPS) is 12.6. The molecule has 1 aliphatic heterocycles. The van der Waals surface area contributed by atoms with Crippen LogP contribution in [0.2, 0.25) is 0 Å². The molecular weight excluding hydrogens is 392 g/mol. The molecule has 0 spiro atoms. The highest BCUT2D eigenvalue weighted by molar-refractivity contribution is 8.00. The van der Waals surface area contributed by atoms with Crippen LogP contribution in [0.1, 0.15) is 0 Å². The van der Waals surface area contributed by atoms with Crippen molar-refractivity contribution < 1.29 is 4.79 Å². The number of anilines is 3. The molecule has 2 aromatic heterocycles. The lowest BCUT2D eigenvalue weighted by Crippen LogP contribution is -2.30. The Hall–Kier alpha value is -3.04. The second kappa shape index (κ2) is 6.84. The first-order valence-electron chi connectivity index (χ1n) is 8.48. The summed E-state index contributed by atoms with van der Waals surface area (Å²) in [6, 6.07) is 15.9. The van der Waals surface area contributed by atoms with Crippen LogP contribution in [0.4, 0.5) is 17.2 Å². The number of aromatic amines is 1. The van der Waals surface area contributed by atoms with Gasteiger partial charge in [0.05, 0.1) is 17.1 Å². The summed E-state index contributed by atoms with van der Waals surface area (Å²) in [5, 5.41) is 0.587. The van der Waals surface area contributed by atoms with Gasteiger partial charge in [-0.25, -0.2) is 15.0 Å². The Morgan fingerprint density at radius 3 is 2.43 bits per heavy atom. The maximum absolute atomic E-state index is 13.2. The van der Waals surface area contributed by atoms with Crippen molar-refractivity contribution in [2.75, 3.05) is 16.4 Å². The Balaban J connectivity index is 1.44. The lowest BCUT2D eigenvalue weighted by Gasteiger charge is -2.30. The molecule has 9 heteroatoms. The molecule has 4 aromatic rings. The molecule has 0 aliphatic carbocycles. The molecule has 1 amide bonds. The van der Waals surface area contributed by atoms with Gasteiger partial charge < -0.3 is 10.7 Å². The minimum Gasteiger partial charge on any atom is -0.382 e. The van der Waals surface area contributed by atoms with Crippen molar-refractivity contribution in [2.45, 2.75) is 14.9 Å². The van der Waals surface area contributed by atoms with Crippen LogP contribution in [-0.4, -0.2) is 31.6 Å². The Kier molecular flexibility index (Phi) is 4.18. The highest BCUT2D eigenvalue weighted by Crippen LogP contribution is 2.48. The molecular formula is C19H14N6OS2. The van der Waals surface area contributed by atoms with E-state index in [9.17, 15) is 4.79 Å². The summed E-state index contributed by atoms with van der Waals surface area (Å²) in [7, 11) is 0. The highest BCUT2D eigenvalue weighted by atomic mass is 32.2. The zero-order valence-electron chi connectivity index (χ0n) is 14.5. The number of aromatic nitrogens is 4. The summed E-state index contributed by atoms with van der Waals surface area (Å²) >= 11 is 2.99. The van der Waals surface area contributed by atoms with Crippen molar-refractivity contribution in [1.82, 2.24) is 19.9 Å². The fourth-order valence-electron chi connectivity index (χ4n) is 3.06. The number of nitrogens with one attached hydrogen (secondary N) is 1. The van der Waals surface area contributed by atoms with Crippen LogP contribution in [0, 0.1) is 0 Å². The van der Waals surface area contributed by atoms with E-state index in [-0.39, 0.29) is 11.7 Å². The van der Waals surface area contributed by atoms with E-state index in [1.54, 1.807) is 16.7 Å². The molecule has 0 unspecified atom stereocenters. The number of carbonyl (C=O) groups excluding carboxylic acids is 1. The van der Waals surface area contributed by atoms with E-state index in [4.69, 9.17) is 5.73 Å². The molecule has 0 fully saturated rings. The fourth-order valence-corrected chi connectivity index (χ4v) is 4.83. The Bertz CT molecular complexity index is 1160. The van der Waals surface area contributed by atoms with Gasteiger partial charge in [0.25, 0.3) is 0 Å². The summed E-state index contributed by atoms with van der Waals surface area (Å²) in [4.78, 5) is 32.6. The molecule has 7 nitrogen and oxygen atoms in total. The number of hydrogen-bond donors (Lipinski definition) is 2. The first-order chi connectivity index (χ1) is 13.7. The smallest absolute Gasteiger partial charge is 0.242 e. The average Bonchev–Trinajstić information content (AvgIpc) is 3.15. The molecule has 0 bridgehead atoms. The number of amides is 1. The molecule has 3 N–H and O–H groups in total. The van der Waals surface area contributed by atoms with E-state index in [1.165, 1.54) is 18.1 Å². The van der Waals surface area contributed by atoms with E-state index in [2.05, 4.69) is 19.9 Å². The number of nitrogen functional groups attached to an aromatic ring is 1. The maximum Gasteiger partial charge on any atom is 0.242 e. The molecule has 3 heterocycles. The number of thioether (sulfide) groups is 1. The van der Waals surface area contributed by atoms with Crippen molar-refractivity contribution in [2.24, 2.45) is 0 Å². The van der Waals surface area contributed by atoms with Crippen molar-refractivity contribution in [3.05, 3.63) is 54.9 Å². The third kappa shape index (κ3) is 2.88. The molecule has 1 aliphatic rings. The van der Waals surface area contributed by atoms with Gasteiger partial charge in [-0.2, -0.15) is 0 Å². The quantitative estimate of drug-likeness (QED) is 0.498. The lowest BCUT2D eigenvalue weighted by atomic mass is 10.2. The van der Waals surface area contributed by atoms with Gasteiger partial charge in [0.2, 0.25) is 5.91 Å². The largest absolute Gasteiger partial charge is 0.382 e. The molecule has 5 rings (SSSR count). The van der Waals surface area contributed by atoms with Crippen LogP contribution in [0.5, 0.6) is 0 Å². The van der Waals surface area contributed by atoms with Crippen molar-refractivity contribution in [3.8, 4) is 0 Å². The minimum absolute atomic E-state index is 0.0234. The number of carbonyl (C=O) groups is 1. The number of imidazole rings is 1. The SMILES string of the molecule is Nc1ncnc2nc(SCC(=O)N3c4ccccc4Sc4ccccc43)[nH]c12. The maximum atomic E-state index is 13.2. The van der Waals surface area contributed by atoms with E-state index in [1.807, 2.05) is 48.5 Å². The molecule has 138 valence electrons. The van der Waals surface area contributed by atoms with Crippen LogP contribution < -0.4 is 10.6 Å². The standard InChI is InChI=1S/C19H14N6OS2/c20-17-16-18(22-10-21-17)24-19(23-16)27-9-15(26)25-11-5-1-3-7-13(11)28-14-8-4-2-6-12(14)25/h1-8,10H,9H2,(H3,20,21,22,23,24). The van der Waals surface area contributed by atoms with Gasteiger partial charge in [-0.15, -0.1) is 0 Å². The zero-order chi connectivity index (χ0) is 19.1. The van der Waals surface area contributed by atoms with E-state index in [0.717, 1.165) is 21.2 Å². The molecule has 0 saturated carbocycles. The monoisotopic (exact) mass is 406 g/mol. The number of rotatable bonds is 3. The zero-order valence-corrected chi connectivity index (χ0v) is 16.1. The molecule has 28 heavy (non-hydrogen) atoms. The van der Waals surface area contributed by atoms with Gasteiger partial charge in [-0.05, 0) is 24.3 Å². The summed E-state index contributed by atoms with van der Waals surface area (Å²) in [5.74, 6) is 0.539. The lowest BCUT2D eigenvalue weighted by molar-refractivity contribution is -0.115. The number of benzene rings is 2. The summed E-state index contributed by atoms with van der Waals surface area (Å²) in [6.45, 7) is 0. The molecule has 0 radical (unpaired) electrons. The van der Waals surface area contributed by atoms with Gasteiger partial charge in [-0.1, -0.05) is 47.8 Å². The first-order valence-corrected chi connectivity index (χ1v) is 10.3. The third-order valence-corrected chi connectivity index (χ3v) is 6.30. The van der Waals surface area contributed by atoms with Gasteiger partial charge in [0.1, 0.15) is 11.8 Å². The topological polar surface area (TPSA) is 101 Å². The number of hydrogen-bond acceptors (Lipinski definition) is 7. The van der Waals surface area contributed by atoms with Gasteiger partial charge in [-0.3, -0.25) is 9.69 Å². The van der Waals surface area contributed by atoms with Gasteiger partial charge in [0.15, 0.2) is 16.6 Å². The molecule has 0 atom stereocenters. The first kappa shape index (κ1) is 17.1. The van der Waals surface area contributed by atoms with E-state index in [0.29, 0.717) is 22.1 Å².